The molecule has 0 aliphatic heterocycles. The Morgan fingerprint density at radius 2 is 2.45 bits per heavy atom. The molecule has 0 amide bonds. The van der Waals surface area contributed by atoms with E-state index < -0.39 is 0 Å². The summed E-state index contributed by atoms with van der Waals surface area (Å²) in [5.41, 5.74) is 0. The van der Waals surface area contributed by atoms with E-state index in [2.05, 4.69) is 15.9 Å². The van der Waals surface area contributed by atoms with Crippen LogP contribution in [0.4, 0.5) is 0 Å². The highest BCUT2D eigenvalue weighted by atomic mass is 79.9. The molecule has 0 saturated carbocycles. The van der Waals surface area contributed by atoms with Crippen LogP contribution in [-0.4, -0.2) is 5.78 Å². The van der Waals surface area contributed by atoms with Crippen LogP contribution in [0.2, 0.25) is 4.34 Å². The molecular formula is C7H6BrClOS. The van der Waals surface area contributed by atoms with Gasteiger partial charge in [0.05, 0.1) is 4.88 Å². The highest BCUT2D eigenvalue weighted by molar-refractivity contribution is 9.10. The van der Waals surface area contributed by atoms with Crippen LogP contribution < -0.4 is 0 Å². The molecule has 0 aliphatic carbocycles. The Kier molecular flexibility index (Phi) is 3.10. The molecule has 1 nitrogen and oxygen atoms in total. The smallest absolute Gasteiger partial charge is 0.172 e. The fraction of sp³-hybridized carbons (Fsp3) is 0.286. The monoisotopic (exact) mass is 252 g/mol. The van der Waals surface area contributed by atoms with Crippen molar-refractivity contribution in [3.63, 3.8) is 0 Å². The zero-order valence-electron chi connectivity index (χ0n) is 5.86. The first-order valence-electron chi connectivity index (χ1n) is 3.13. The number of hydrogen-bond donors (Lipinski definition) is 0. The standard InChI is InChI=1S/C7H6BrClOS/c1-2-5(10)6-3-4(8)7(9)11-6/h3H,2H2,1H3. The van der Waals surface area contributed by atoms with Crippen LogP contribution in [0, 0.1) is 0 Å². The van der Waals surface area contributed by atoms with Crippen molar-refractivity contribution in [3.8, 4) is 0 Å². The van der Waals surface area contributed by atoms with Crippen LogP contribution in [0.15, 0.2) is 10.5 Å². The highest BCUT2D eigenvalue weighted by Gasteiger charge is 2.09. The van der Waals surface area contributed by atoms with E-state index in [4.69, 9.17) is 11.6 Å². The predicted molar refractivity (Wildman–Crippen MR) is 51.7 cm³/mol. The van der Waals surface area contributed by atoms with Gasteiger partial charge in [0.15, 0.2) is 5.78 Å². The lowest BCUT2D eigenvalue weighted by Crippen LogP contribution is -1.90. The van der Waals surface area contributed by atoms with Gasteiger partial charge in [-0.15, -0.1) is 11.3 Å². The van der Waals surface area contributed by atoms with Gasteiger partial charge in [0, 0.05) is 10.9 Å². The number of Topliss-reactive ketones (excluding diaryl/α,β-unsaturated/α-hetero) is 1. The van der Waals surface area contributed by atoms with E-state index in [1.807, 2.05) is 6.92 Å². The minimum Gasteiger partial charge on any atom is -0.293 e. The number of hydrogen-bond acceptors (Lipinski definition) is 2. The zero-order chi connectivity index (χ0) is 8.43. The second-order valence-corrected chi connectivity index (χ2v) is 4.52. The maximum absolute atomic E-state index is 11.1. The van der Waals surface area contributed by atoms with Crippen LogP contribution in [0.3, 0.4) is 0 Å². The molecule has 4 heteroatoms. The van der Waals surface area contributed by atoms with Crippen LogP contribution in [0.5, 0.6) is 0 Å². The quantitative estimate of drug-likeness (QED) is 0.734. The van der Waals surface area contributed by atoms with Gasteiger partial charge in [-0.1, -0.05) is 18.5 Å². The topological polar surface area (TPSA) is 17.1 Å². The molecule has 1 heterocycles. The van der Waals surface area contributed by atoms with Gasteiger partial charge in [0.2, 0.25) is 0 Å². The highest BCUT2D eigenvalue weighted by Crippen LogP contribution is 2.32. The van der Waals surface area contributed by atoms with Crippen molar-refractivity contribution in [1.29, 1.82) is 0 Å². The number of rotatable bonds is 2. The van der Waals surface area contributed by atoms with E-state index in [0.29, 0.717) is 10.8 Å². The third-order valence-corrected chi connectivity index (χ3v) is 3.76. The summed E-state index contributed by atoms with van der Waals surface area (Å²) < 4.78 is 1.45. The summed E-state index contributed by atoms with van der Waals surface area (Å²) in [5.74, 6) is 0.141. The Morgan fingerprint density at radius 1 is 1.82 bits per heavy atom. The van der Waals surface area contributed by atoms with Gasteiger partial charge in [0.1, 0.15) is 4.34 Å². The van der Waals surface area contributed by atoms with Crippen LogP contribution in [0.25, 0.3) is 0 Å². The summed E-state index contributed by atoms with van der Waals surface area (Å²) in [6, 6.07) is 1.76. The Morgan fingerprint density at radius 3 is 2.82 bits per heavy atom. The van der Waals surface area contributed by atoms with Crippen LogP contribution in [-0.2, 0) is 0 Å². The summed E-state index contributed by atoms with van der Waals surface area (Å²) in [4.78, 5) is 11.8. The molecule has 1 rings (SSSR count). The molecule has 0 saturated heterocycles. The minimum atomic E-state index is 0.141. The molecular weight excluding hydrogens is 248 g/mol. The Balaban J connectivity index is 2.97. The third-order valence-electron chi connectivity index (χ3n) is 1.24. The van der Waals surface area contributed by atoms with Gasteiger partial charge in [-0.2, -0.15) is 0 Å². The molecule has 1 aromatic heterocycles. The lowest BCUT2D eigenvalue weighted by Gasteiger charge is -1.86. The molecule has 0 radical (unpaired) electrons. The van der Waals surface area contributed by atoms with Crippen molar-refractivity contribution in [2.75, 3.05) is 0 Å². The van der Waals surface area contributed by atoms with Crippen LogP contribution in [0.1, 0.15) is 23.0 Å². The Labute approximate surface area is 82.5 Å². The summed E-state index contributed by atoms with van der Waals surface area (Å²) in [6.45, 7) is 1.84. The fourth-order valence-corrected chi connectivity index (χ4v) is 2.37. The van der Waals surface area contributed by atoms with E-state index in [1.165, 1.54) is 11.3 Å². The van der Waals surface area contributed by atoms with Crippen molar-refractivity contribution in [3.05, 3.63) is 19.8 Å². The number of halogens is 2. The summed E-state index contributed by atoms with van der Waals surface area (Å²) in [6.07, 6.45) is 0.531. The van der Waals surface area contributed by atoms with E-state index in [0.717, 1.165) is 9.35 Å². The van der Waals surface area contributed by atoms with Gasteiger partial charge >= 0.3 is 0 Å². The maximum Gasteiger partial charge on any atom is 0.172 e. The third kappa shape index (κ3) is 2.04. The molecule has 11 heavy (non-hydrogen) atoms. The molecule has 0 unspecified atom stereocenters. The number of ketones is 1. The molecule has 0 bridgehead atoms. The number of thiophene rings is 1. The second-order valence-electron chi connectivity index (χ2n) is 2.01. The van der Waals surface area contributed by atoms with E-state index in [1.54, 1.807) is 6.07 Å². The normalized spacial score (nSPS) is 10.1. The van der Waals surface area contributed by atoms with Gasteiger partial charge in [0.25, 0.3) is 0 Å². The largest absolute Gasteiger partial charge is 0.293 e. The summed E-state index contributed by atoms with van der Waals surface area (Å²) in [7, 11) is 0. The van der Waals surface area contributed by atoms with Crippen molar-refractivity contribution < 1.29 is 4.79 Å². The van der Waals surface area contributed by atoms with E-state index >= 15 is 0 Å². The minimum absolute atomic E-state index is 0.141. The van der Waals surface area contributed by atoms with Gasteiger partial charge in [-0.25, -0.2) is 0 Å². The fourth-order valence-electron chi connectivity index (χ4n) is 0.658. The Hall–Kier alpha value is 0.140. The average molecular weight is 254 g/mol. The number of carbonyl (C=O) groups is 1. The summed E-state index contributed by atoms with van der Waals surface area (Å²) >= 11 is 10.3. The molecule has 0 spiro atoms. The zero-order valence-corrected chi connectivity index (χ0v) is 9.02. The second kappa shape index (κ2) is 3.70. The van der Waals surface area contributed by atoms with Crippen molar-refractivity contribution in [2.24, 2.45) is 0 Å². The van der Waals surface area contributed by atoms with Crippen molar-refractivity contribution >= 4 is 44.7 Å². The van der Waals surface area contributed by atoms with E-state index in [-0.39, 0.29) is 5.78 Å². The molecule has 60 valence electrons. The lowest BCUT2D eigenvalue weighted by atomic mass is 10.3. The van der Waals surface area contributed by atoms with Crippen LogP contribution >= 0.6 is 38.9 Å². The average Bonchev–Trinajstić information content (AvgIpc) is 2.31. The molecule has 1 aromatic rings. The number of carbonyl (C=O) groups excluding carboxylic acids is 1. The Bertz CT molecular complexity index is 262. The summed E-state index contributed by atoms with van der Waals surface area (Å²) in [5, 5.41) is 0. The first-order valence-corrected chi connectivity index (χ1v) is 5.12. The molecule has 0 aromatic carbocycles. The molecule has 0 fully saturated rings. The first-order chi connectivity index (χ1) is 5.15. The van der Waals surface area contributed by atoms with Crippen molar-refractivity contribution in [2.45, 2.75) is 13.3 Å². The maximum atomic E-state index is 11.1. The molecule has 0 aliphatic rings. The molecule has 0 N–H and O–H groups in total. The molecule has 0 atom stereocenters. The predicted octanol–water partition coefficient (Wildman–Crippen LogP) is 3.76. The lowest BCUT2D eigenvalue weighted by molar-refractivity contribution is 0.0992. The van der Waals surface area contributed by atoms with Gasteiger partial charge in [-0.3, -0.25) is 4.79 Å². The SMILES string of the molecule is CCC(=O)c1cc(Br)c(Cl)s1. The first kappa shape index (κ1) is 9.23. The van der Waals surface area contributed by atoms with E-state index in [9.17, 15) is 4.79 Å². The van der Waals surface area contributed by atoms with Crippen molar-refractivity contribution in [1.82, 2.24) is 0 Å². The van der Waals surface area contributed by atoms with Gasteiger partial charge < -0.3 is 0 Å². The van der Waals surface area contributed by atoms with Gasteiger partial charge in [-0.05, 0) is 22.0 Å².